The molecule has 0 aliphatic carbocycles. The van der Waals surface area contributed by atoms with E-state index in [9.17, 15) is 4.79 Å². The first-order valence-electron chi connectivity index (χ1n) is 7.11. The molecule has 0 spiro atoms. The SMILES string of the molecule is [C-]#[N+]c1ccc(-c2ccc(OCCCCC(=O)O)cc2)cc1. The van der Waals surface area contributed by atoms with Gasteiger partial charge in [0.2, 0.25) is 0 Å². The maximum absolute atomic E-state index is 10.4. The van der Waals surface area contributed by atoms with Crippen molar-refractivity contribution in [3.8, 4) is 16.9 Å². The standard InChI is InChI=1S/C18H17NO3/c1-19-16-9-5-14(6-10-16)15-7-11-17(12-8-15)22-13-3-2-4-18(20)21/h5-12H,2-4,13H2,(H,20,21). The van der Waals surface area contributed by atoms with Crippen LogP contribution in [-0.2, 0) is 4.79 Å². The summed E-state index contributed by atoms with van der Waals surface area (Å²) < 4.78 is 5.58. The minimum Gasteiger partial charge on any atom is -0.494 e. The van der Waals surface area contributed by atoms with E-state index in [1.54, 1.807) is 12.1 Å². The summed E-state index contributed by atoms with van der Waals surface area (Å²) in [7, 11) is 0. The predicted octanol–water partition coefficient (Wildman–Crippen LogP) is 4.54. The van der Waals surface area contributed by atoms with E-state index in [2.05, 4.69) is 4.85 Å². The molecule has 0 unspecified atom stereocenters. The molecule has 0 saturated carbocycles. The molecule has 2 rings (SSSR count). The minimum absolute atomic E-state index is 0.183. The van der Waals surface area contributed by atoms with E-state index in [-0.39, 0.29) is 6.42 Å². The number of nitrogens with zero attached hydrogens (tertiary/aromatic N) is 1. The third kappa shape index (κ3) is 4.64. The fourth-order valence-corrected chi connectivity index (χ4v) is 2.04. The molecule has 0 saturated heterocycles. The van der Waals surface area contributed by atoms with Gasteiger partial charge in [0, 0.05) is 6.42 Å². The Labute approximate surface area is 129 Å². The van der Waals surface area contributed by atoms with Gasteiger partial charge < -0.3 is 9.84 Å². The fraction of sp³-hybridized carbons (Fsp3) is 0.222. The molecular weight excluding hydrogens is 278 g/mol. The maximum Gasteiger partial charge on any atom is 0.303 e. The summed E-state index contributed by atoms with van der Waals surface area (Å²) in [4.78, 5) is 13.8. The quantitative estimate of drug-likeness (QED) is 0.602. The second-order valence-corrected chi connectivity index (χ2v) is 4.88. The van der Waals surface area contributed by atoms with Gasteiger partial charge in [-0.3, -0.25) is 4.79 Å². The van der Waals surface area contributed by atoms with E-state index in [1.165, 1.54) is 0 Å². The lowest BCUT2D eigenvalue weighted by atomic mass is 10.1. The molecule has 4 heteroatoms. The van der Waals surface area contributed by atoms with Crippen LogP contribution in [-0.4, -0.2) is 17.7 Å². The van der Waals surface area contributed by atoms with Gasteiger partial charge in [0.05, 0.1) is 13.2 Å². The Kier molecular flexibility index (Phi) is 5.56. The summed E-state index contributed by atoms with van der Waals surface area (Å²) in [6, 6.07) is 15.2. The highest BCUT2D eigenvalue weighted by Gasteiger charge is 2.00. The zero-order chi connectivity index (χ0) is 15.8. The van der Waals surface area contributed by atoms with Crippen molar-refractivity contribution < 1.29 is 14.6 Å². The molecule has 0 aromatic heterocycles. The average molecular weight is 295 g/mol. The number of aliphatic carboxylic acids is 1. The van der Waals surface area contributed by atoms with Crippen LogP contribution in [0.25, 0.3) is 16.0 Å². The van der Waals surface area contributed by atoms with Gasteiger partial charge in [-0.1, -0.05) is 36.4 Å². The van der Waals surface area contributed by atoms with Gasteiger partial charge in [-0.15, -0.1) is 0 Å². The Bertz CT molecular complexity index is 654. The highest BCUT2D eigenvalue weighted by molar-refractivity contribution is 5.67. The molecule has 0 bridgehead atoms. The lowest BCUT2D eigenvalue weighted by Gasteiger charge is -2.07. The number of carboxylic acids is 1. The number of ether oxygens (including phenoxy) is 1. The molecule has 0 aliphatic heterocycles. The molecule has 0 atom stereocenters. The number of unbranched alkanes of at least 4 members (excludes halogenated alkanes) is 1. The zero-order valence-electron chi connectivity index (χ0n) is 12.2. The van der Waals surface area contributed by atoms with E-state index in [1.807, 2.05) is 36.4 Å². The van der Waals surface area contributed by atoms with Crippen molar-refractivity contribution in [2.24, 2.45) is 0 Å². The molecule has 2 aromatic rings. The monoisotopic (exact) mass is 295 g/mol. The van der Waals surface area contributed by atoms with Crippen molar-refractivity contribution in [1.29, 1.82) is 0 Å². The summed E-state index contributed by atoms with van der Waals surface area (Å²) in [6.45, 7) is 7.46. The molecule has 0 aliphatic rings. The molecular formula is C18H17NO3. The third-order valence-corrected chi connectivity index (χ3v) is 3.24. The summed E-state index contributed by atoms with van der Waals surface area (Å²) in [5, 5.41) is 8.54. The lowest BCUT2D eigenvalue weighted by Crippen LogP contribution is -2.00. The van der Waals surface area contributed by atoms with E-state index in [4.69, 9.17) is 16.4 Å². The number of hydrogen-bond acceptors (Lipinski definition) is 2. The predicted molar refractivity (Wildman–Crippen MR) is 85.1 cm³/mol. The summed E-state index contributed by atoms with van der Waals surface area (Å²) in [5.74, 6) is 0.00504. The summed E-state index contributed by atoms with van der Waals surface area (Å²) >= 11 is 0. The highest BCUT2D eigenvalue weighted by atomic mass is 16.5. The van der Waals surface area contributed by atoms with Crippen LogP contribution in [0.1, 0.15) is 19.3 Å². The van der Waals surface area contributed by atoms with Gasteiger partial charge in [0.15, 0.2) is 5.69 Å². The van der Waals surface area contributed by atoms with E-state index in [0.717, 1.165) is 23.3 Å². The van der Waals surface area contributed by atoms with Crippen molar-refractivity contribution in [2.45, 2.75) is 19.3 Å². The first-order valence-corrected chi connectivity index (χ1v) is 7.11. The van der Waals surface area contributed by atoms with Crippen LogP contribution in [0.5, 0.6) is 5.75 Å². The molecule has 0 fully saturated rings. The summed E-state index contributed by atoms with van der Waals surface area (Å²) in [6.07, 6.45) is 1.54. The average Bonchev–Trinajstić information content (AvgIpc) is 2.55. The van der Waals surface area contributed by atoms with E-state index in [0.29, 0.717) is 18.7 Å². The van der Waals surface area contributed by atoms with Crippen LogP contribution >= 0.6 is 0 Å². The normalized spacial score (nSPS) is 9.95. The van der Waals surface area contributed by atoms with Crippen molar-refractivity contribution in [3.63, 3.8) is 0 Å². The molecule has 0 amide bonds. The Morgan fingerprint density at radius 3 is 2.14 bits per heavy atom. The smallest absolute Gasteiger partial charge is 0.303 e. The first-order chi connectivity index (χ1) is 10.7. The molecule has 2 aromatic carbocycles. The van der Waals surface area contributed by atoms with Crippen molar-refractivity contribution in [1.82, 2.24) is 0 Å². The first kappa shape index (κ1) is 15.6. The van der Waals surface area contributed by atoms with Gasteiger partial charge in [-0.2, -0.15) is 0 Å². The minimum atomic E-state index is -0.770. The van der Waals surface area contributed by atoms with E-state index >= 15 is 0 Å². The Balaban J connectivity index is 1.87. The molecule has 22 heavy (non-hydrogen) atoms. The van der Waals surface area contributed by atoms with Gasteiger partial charge in [0.1, 0.15) is 5.75 Å². The van der Waals surface area contributed by atoms with Crippen LogP contribution < -0.4 is 4.74 Å². The molecule has 0 radical (unpaired) electrons. The van der Waals surface area contributed by atoms with Gasteiger partial charge in [-0.05, 0) is 36.1 Å². The number of benzene rings is 2. The van der Waals surface area contributed by atoms with Crippen LogP contribution in [0.3, 0.4) is 0 Å². The molecule has 1 N–H and O–H groups in total. The lowest BCUT2D eigenvalue weighted by molar-refractivity contribution is -0.137. The van der Waals surface area contributed by atoms with Gasteiger partial charge >= 0.3 is 5.97 Å². The summed E-state index contributed by atoms with van der Waals surface area (Å²) in [5.41, 5.74) is 2.75. The number of carboxylic acid groups (broad SMARTS) is 1. The zero-order valence-corrected chi connectivity index (χ0v) is 12.2. The molecule has 112 valence electrons. The fourth-order valence-electron chi connectivity index (χ4n) is 2.04. The van der Waals surface area contributed by atoms with Gasteiger partial charge in [0.25, 0.3) is 0 Å². The number of carbonyl (C=O) groups is 1. The second kappa shape index (κ2) is 7.84. The van der Waals surface area contributed by atoms with Crippen molar-refractivity contribution in [2.75, 3.05) is 6.61 Å². The van der Waals surface area contributed by atoms with Crippen molar-refractivity contribution >= 4 is 11.7 Å². The van der Waals surface area contributed by atoms with Crippen LogP contribution in [0.4, 0.5) is 5.69 Å². The van der Waals surface area contributed by atoms with E-state index < -0.39 is 5.97 Å². The topological polar surface area (TPSA) is 50.9 Å². The van der Waals surface area contributed by atoms with Crippen LogP contribution in [0.2, 0.25) is 0 Å². The Hall–Kier alpha value is -2.80. The highest BCUT2D eigenvalue weighted by Crippen LogP contribution is 2.24. The molecule has 0 heterocycles. The Morgan fingerprint density at radius 1 is 1.00 bits per heavy atom. The van der Waals surface area contributed by atoms with Gasteiger partial charge in [-0.25, -0.2) is 4.85 Å². The largest absolute Gasteiger partial charge is 0.494 e. The number of hydrogen-bond donors (Lipinski definition) is 1. The number of rotatable bonds is 7. The molecule has 4 nitrogen and oxygen atoms in total. The van der Waals surface area contributed by atoms with Crippen LogP contribution in [0, 0.1) is 6.57 Å². The Morgan fingerprint density at radius 2 is 1.59 bits per heavy atom. The van der Waals surface area contributed by atoms with Crippen LogP contribution in [0.15, 0.2) is 48.5 Å². The maximum atomic E-state index is 10.4. The van der Waals surface area contributed by atoms with Crippen molar-refractivity contribution in [3.05, 3.63) is 59.9 Å². The second-order valence-electron chi connectivity index (χ2n) is 4.88. The third-order valence-electron chi connectivity index (χ3n) is 3.24.